The van der Waals surface area contributed by atoms with Crippen LogP contribution in [0.2, 0.25) is 0 Å². The van der Waals surface area contributed by atoms with Crippen molar-refractivity contribution in [3.63, 3.8) is 0 Å². The first-order valence-electron chi connectivity index (χ1n) is 6.40. The molecule has 0 radical (unpaired) electrons. The largest absolute Gasteiger partial charge is 0.491 e. The predicted molar refractivity (Wildman–Crippen MR) is 76.0 cm³/mol. The lowest BCUT2D eigenvalue weighted by Gasteiger charge is -2.07. The fourth-order valence-electron chi connectivity index (χ4n) is 1.40. The number of carbonyl (C=O) groups excluding carboxylic acids is 2. The Morgan fingerprint density at radius 2 is 2.20 bits per heavy atom. The standard InChI is InChI=1S/C15H19NO4/c1-2-3-7-16-15(18)12-19-8-9-20-14-6-4-5-13(10-14)11-17/h2-6,10-11H,7-9,12H2,1H3,(H,16,18)/b3-2+. The summed E-state index contributed by atoms with van der Waals surface area (Å²) in [6.07, 6.45) is 4.47. The number of allylic oxidation sites excluding steroid dienone is 1. The Morgan fingerprint density at radius 1 is 1.35 bits per heavy atom. The molecule has 1 N–H and O–H groups in total. The maximum absolute atomic E-state index is 11.3. The number of rotatable bonds is 9. The van der Waals surface area contributed by atoms with Crippen molar-refractivity contribution in [2.24, 2.45) is 0 Å². The van der Waals surface area contributed by atoms with Gasteiger partial charge in [0.1, 0.15) is 25.2 Å². The van der Waals surface area contributed by atoms with Gasteiger partial charge in [0.25, 0.3) is 0 Å². The molecule has 0 aliphatic heterocycles. The van der Waals surface area contributed by atoms with E-state index < -0.39 is 0 Å². The van der Waals surface area contributed by atoms with Gasteiger partial charge in [-0.15, -0.1) is 0 Å². The van der Waals surface area contributed by atoms with E-state index in [9.17, 15) is 9.59 Å². The van der Waals surface area contributed by atoms with Crippen LogP contribution >= 0.6 is 0 Å². The summed E-state index contributed by atoms with van der Waals surface area (Å²) in [4.78, 5) is 21.9. The van der Waals surface area contributed by atoms with Crippen molar-refractivity contribution in [3.05, 3.63) is 42.0 Å². The van der Waals surface area contributed by atoms with Gasteiger partial charge in [0.15, 0.2) is 0 Å². The maximum atomic E-state index is 11.3. The highest BCUT2D eigenvalue weighted by atomic mass is 16.5. The average molecular weight is 277 g/mol. The molecule has 0 bridgehead atoms. The molecule has 5 heteroatoms. The number of aldehydes is 1. The molecule has 1 aromatic carbocycles. The van der Waals surface area contributed by atoms with Gasteiger partial charge in [-0.3, -0.25) is 9.59 Å². The molecule has 1 amide bonds. The third-order valence-corrected chi connectivity index (χ3v) is 2.38. The van der Waals surface area contributed by atoms with E-state index in [-0.39, 0.29) is 12.5 Å². The highest BCUT2D eigenvalue weighted by Gasteiger charge is 2.00. The number of nitrogens with one attached hydrogen (secondary N) is 1. The van der Waals surface area contributed by atoms with Gasteiger partial charge < -0.3 is 14.8 Å². The van der Waals surface area contributed by atoms with E-state index >= 15 is 0 Å². The first kappa shape index (κ1) is 15.9. The Morgan fingerprint density at radius 3 is 2.95 bits per heavy atom. The summed E-state index contributed by atoms with van der Waals surface area (Å²) >= 11 is 0. The van der Waals surface area contributed by atoms with Crippen molar-refractivity contribution < 1.29 is 19.1 Å². The van der Waals surface area contributed by atoms with Gasteiger partial charge in [0.2, 0.25) is 5.91 Å². The minimum atomic E-state index is -0.161. The van der Waals surface area contributed by atoms with Gasteiger partial charge in [-0.05, 0) is 19.1 Å². The van der Waals surface area contributed by atoms with Crippen molar-refractivity contribution in [3.8, 4) is 5.75 Å². The number of ether oxygens (including phenoxy) is 2. The smallest absolute Gasteiger partial charge is 0.246 e. The van der Waals surface area contributed by atoms with Crippen molar-refractivity contribution in [1.82, 2.24) is 5.32 Å². The van der Waals surface area contributed by atoms with E-state index in [1.807, 2.05) is 19.1 Å². The van der Waals surface area contributed by atoms with Gasteiger partial charge in [0, 0.05) is 12.1 Å². The van der Waals surface area contributed by atoms with Crippen LogP contribution in [-0.4, -0.2) is 38.6 Å². The average Bonchev–Trinajstić information content (AvgIpc) is 2.47. The molecular formula is C15H19NO4. The number of hydrogen-bond acceptors (Lipinski definition) is 4. The van der Waals surface area contributed by atoms with E-state index in [0.29, 0.717) is 31.1 Å². The van der Waals surface area contributed by atoms with Crippen LogP contribution in [0.5, 0.6) is 5.75 Å². The lowest BCUT2D eigenvalue weighted by molar-refractivity contribution is -0.125. The second kappa shape index (κ2) is 9.75. The lowest BCUT2D eigenvalue weighted by Crippen LogP contribution is -2.28. The zero-order valence-corrected chi connectivity index (χ0v) is 11.5. The Kier molecular flexibility index (Phi) is 7.76. The molecule has 108 valence electrons. The summed E-state index contributed by atoms with van der Waals surface area (Å²) in [7, 11) is 0. The Bertz CT molecular complexity index is 457. The zero-order chi connectivity index (χ0) is 14.6. The van der Waals surface area contributed by atoms with Crippen molar-refractivity contribution in [2.45, 2.75) is 6.92 Å². The topological polar surface area (TPSA) is 64.6 Å². The molecule has 0 aliphatic carbocycles. The van der Waals surface area contributed by atoms with E-state index in [1.165, 1.54) is 0 Å². The van der Waals surface area contributed by atoms with Crippen LogP contribution in [0.3, 0.4) is 0 Å². The summed E-state index contributed by atoms with van der Waals surface area (Å²) in [5, 5.41) is 2.68. The quantitative estimate of drug-likeness (QED) is 0.423. The second-order valence-corrected chi connectivity index (χ2v) is 3.96. The molecule has 0 atom stereocenters. The molecule has 0 fully saturated rings. The van der Waals surface area contributed by atoms with E-state index in [0.717, 1.165) is 6.29 Å². The Labute approximate surface area is 118 Å². The summed E-state index contributed by atoms with van der Waals surface area (Å²) < 4.78 is 10.6. The SMILES string of the molecule is C/C=C/CNC(=O)COCCOc1cccc(C=O)c1. The van der Waals surface area contributed by atoms with Crippen molar-refractivity contribution >= 4 is 12.2 Å². The summed E-state index contributed by atoms with van der Waals surface area (Å²) in [5.74, 6) is 0.446. The molecular weight excluding hydrogens is 258 g/mol. The molecule has 0 heterocycles. The van der Waals surface area contributed by atoms with Gasteiger partial charge in [-0.2, -0.15) is 0 Å². The van der Waals surface area contributed by atoms with Crippen LogP contribution in [0, 0.1) is 0 Å². The lowest BCUT2D eigenvalue weighted by atomic mass is 10.2. The predicted octanol–water partition coefficient (Wildman–Crippen LogP) is 1.59. The number of benzene rings is 1. The number of hydrogen-bond donors (Lipinski definition) is 1. The first-order chi connectivity index (χ1) is 9.76. The fraction of sp³-hybridized carbons (Fsp3) is 0.333. The molecule has 1 aromatic rings. The molecule has 1 rings (SSSR count). The molecule has 0 spiro atoms. The minimum Gasteiger partial charge on any atom is -0.491 e. The molecule has 0 aliphatic rings. The van der Waals surface area contributed by atoms with Crippen molar-refractivity contribution in [2.75, 3.05) is 26.4 Å². The highest BCUT2D eigenvalue weighted by molar-refractivity contribution is 5.77. The van der Waals surface area contributed by atoms with Crippen LogP contribution in [0.1, 0.15) is 17.3 Å². The molecule has 0 aromatic heterocycles. The monoisotopic (exact) mass is 277 g/mol. The third kappa shape index (κ3) is 6.70. The Balaban J connectivity index is 2.12. The normalized spacial score (nSPS) is 10.4. The molecule has 5 nitrogen and oxygen atoms in total. The van der Waals surface area contributed by atoms with Gasteiger partial charge in [-0.1, -0.05) is 24.3 Å². The maximum Gasteiger partial charge on any atom is 0.246 e. The van der Waals surface area contributed by atoms with Crippen LogP contribution in [0.15, 0.2) is 36.4 Å². The first-order valence-corrected chi connectivity index (χ1v) is 6.40. The van der Waals surface area contributed by atoms with E-state index in [1.54, 1.807) is 24.3 Å². The van der Waals surface area contributed by atoms with E-state index in [4.69, 9.17) is 9.47 Å². The number of amides is 1. The van der Waals surface area contributed by atoms with Gasteiger partial charge in [0.05, 0.1) is 6.61 Å². The minimum absolute atomic E-state index is 0.00922. The van der Waals surface area contributed by atoms with Crippen LogP contribution in [0.4, 0.5) is 0 Å². The summed E-state index contributed by atoms with van der Waals surface area (Å²) in [6, 6.07) is 6.85. The second-order valence-electron chi connectivity index (χ2n) is 3.96. The zero-order valence-electron chi connectivity index (χ0n) is 11.5. The van der Waals surface area contributed by atoms with Crippen molar-refractivity contribution in [1.29, 1.82) is 0 Å². The van der Waals surface area contributed by atoms with E-state index in [2.05, 4.69) is 5.32 Å². The molecule has 0 saturated heterocycles. The Hall–Kier alpha value is -2.14. The third-order valence-electron chi connectivity index (χ3n) is 2.38. The van der Waals surface area contributed by atoms with Gasteiger partial charge in [-0.25, -0.2) is 0 Å². The van der Waals surface area contributed by atoms with Gasteiger partial charge >= 0.3 is 0 Å². The summed E-state index contributed by atoms with van der Waals surface area (Å²) in [6.45, 7) is 3.04. The highest BCUT2D eigenvalue weighted by Crippen LogP contribution is 2.11. The molecule has 0 saturated carbocycles. The summed E-state index contributed by atoms with van der Waals surface area (Å²) in [5.41, 5.74) is 0.562. The van der Waals surface area contributed by atoms with Crippen LogP contribution in [-0.2, 0) is 9.53 Å². The molecule has 20 heavy (non-hydrogen) atoms. The fourth-order valence-corrected chi connectivity index (χ4v) is 1.40. The van der Waals surface area contributed by atoms with Crippen LogP contribution in [0.25, 0.3) is 0 Å². The molecule has 0 unspecified atom stereocenters. The van der Waals surface area contributed by atoms with Crippen LogP contribution < -0.4 is 10.1 Å². The number of carbonyl (C=O) groups is 2.